The van der Waals surface area contributed by atoms with Crippen molar-refractivity contribution in [1.29, 1.82) is 0 Å². The molecule has 4 fully saturated rings. The summed E-state index contributed by atoms with van der Waals surface area (Å²) in [7, 11) is 0. The molecule has 0 bridgehead atoms. The van der Waals surface area contributed by atoms with E-state index in [1.54, 1.807) is 84.9 Å². The highest BCUT2D eigenvalue weighted by molar-refractivity contribution is 6.34. The van der Waals surface area contributed by atoms with Gasteiger partial charge in [-0.3, -0.25) is 9.80 Å². The third kappa shape index (κ3) is 22.2. The average molecular weight is 1480 g/mol. The summed E-state index contributed by atoms with van der Waals surface area (Å²) in [5, 5.41) is 52.7. The summed E-state index contributed by atoms with van der Waals surface area (Å²) in [6, 6.07) is 53.7. The molecule has 24 heteroatoms. The van der Waals surface area contributed by atoms with Crippen molar-refractivity contribution < 1.29 is 70.8 Å². The summed E-state index contributed by atoms with van der Waals surface area (Å²) >= 11 is 19.7. The Balaban J connectivity index is 0.000000169. The van der Waals surface area contributed by atoms with Gasteiger partial charge in [0.1, 0.15) is 78.1 Å². The lowest BCUT2D eigenvalue weighted by Crippen LogP contribution is -2.50. The van der Waals surface area contributed by atoms with E-state index in [0.29, 0.717) is 83.7 Å². The van der Waals surface area contributed by atoms with E-state index in [0.717, 1.165) is 71.1 Å². The van der Waals surface area contributed by atoms with Gasteiger partial charge in [-0.2, -0.15) is 0 Å². The number of epoxide rings is 1. The number of aliphatic hydroxyl groups is 5. The van der Waals surface area contributed by atoms with E-state index in [-0.39, 0.29) is 119 Å². The van der Waals surface area contributed by atoms with Crippen LogP contribution in [0.4, 0.5) is 43.4 Å². The molecular weight excluding hydrogens is 1400 g/mol. The van der Waals surface area contributed by atoms with E-state index in [2.05, 4.69) is 29.8 Å². The van der Waals surface area contributed by atoms with Gasteiger partial charge in [0.15, 0.2) is 0 Å². The Morgan fingerprint density at radius 3 is 1.18 bits per heavy atom. The Hall–Kier alpha value is -8.13. The maximum absolute atomic E-state index is 13.7. The molecule has 0 unspecified atom stereocenters. The highest BCUT2D eigenvalue weighted by Crippen LogP contribution is 2.42. The van der Waals surface area contributed by atoms with Gasteiger partial charge in [0, 0.05) is 83.6 Å². The summed E-state index contributed by atoms with van der Waals surface area (Å²) in [4.78, 5) is 10.9. The fourth-order valence-corrected chi connectivity index (χ4v) is 13.4. The summed E-state index contributed by atoms with van der Waals surface area (Å²) in [5.41, 5.74) is 8.01. The van der Waals surface area contributed by atoms with Crippen molar-refractivity contribution in [2.75, 3.05) is 133 Å². The zero-order chi connectivity index (χ0) is 72.1. The molecule has 6 atom stereocenters. The number of benzene rings is 9. The molecule has 6 N–H and O–H groups in total. The zero-order valence-corrected chi connectivity index (χ0v) is 58.0. The van der Waals surface area contributed by atoms with E-state index in [1.807, 2.05) is 42.5 Å². The first-order valence-corrected chi connectivity index (χ1v) is 34.6. The van der Waals surface area contributed by atoms with Gasteiger partial charge in [0.05, 0.1) is 95.4 Å². The van der Waals surface area contributed by atoms with E-state index < -0.39 is 6.10 Å². The topological polar surface area (TPSA) is 170 Å². The second-order valence-electron chi connectivity index (χ2n) is 24.5. The average Bonchev–Trinajstić information content (AvgIpc) is 1.38. The van der Waals surface area contributed by atoms with Crippen molar-refractivity contribution in [3.05, 3.63) is 284 Å². The fraction of sp³-hybridized carbons (Fsp3) is 0.316. The van der Waals surface area contributed by atoms with Crippen LogP contribution in [-0.2, 0) is 4.74 Å². The molecule has 13 rings (SSSR count). The van der Waals surface area contributed by atoms with Crippen LogP contribution in [0.5, 0.6) is 17.2 Å². The number of anilines is 3. The molecule has 103 heavy (non-hydrogen) atoms. The Morgan fingerprint density at radius 2 is 0.796 bits per heavy atom. The van der Waals surface area contributed by atoms with Crippen LogP contribution in [0.25, 0.3) is 0 Å². The second kappa shape index (κ2) is 39.1. The molecule has 9 aromatic carbocycles. The second-order valence-corrected chi connectivity index (χ2v) is 25.7. The normalized spacial score (nSPS) is 17.9. The monoisotopic (exact) mass is 1480 g/mol. The number of halogens is 9. The molecule has 548 valence electrons. The van der Waals surface area contributed by atoms with Crippen molar-refractivity contribution in [1.82, 2.24) is 15.1 Å². The van der Waals surface area contributed by atoms with Crippen LogP contribution in [-0.4, -0.2) is 154 Å². The van der Waals surface area contributed by atoms with Gasteiger partial charge in [-0.25, -0.2) is 26.3 Å². The molecule has 4 aliphatic rings. The largest absolute Gasteiger partial charge is 0.491 e. The maximum Gasteiger partial charge on any atom is 0.123 e. The number of nitrogens with one attached hydrogen (secondary N) is 1. The predicted octanol–water partition coefficient (Wildman–Crippen LogP) is 14.7. The van der Waals surface area contributed by atoms with Gasteiger partial charge in [0.2, 0.25) is 0 Å². The Kier molecular flexibility index (Phi) is 30.0. The number of nitrogens with zero attached hydrogens (tertiary/aromatic N) is 5. The molecular formula is C79H85Cl3F6N6O9. The lowest BCUT2D eigenvalue weighted by Gasteiger charge is -2.46. The molecule has 0 aliphatic carbocycles. The van der Waals surface area contributed by atoms with Crippen molar-refractivity contribution in [2.45, 2.75) is 43.8 Å². The van der Waals surface area contributed by atoms with Crippen LogP contribution >= 0.6 is 34.8 Å². The molecule has 4 heterocycles. The van der Waals surface area contributed by atoms with Gasteiger partial charge in [-0.05, 0) is 143 Å². The lowest BCUT2D eigenvalue weighted by molar-refractivity contribution is 0.100. The summed E-state index contributed by atoms with van der Waals surface area (Å²) in [6.07, 6.45) is -0.520. The molecule has 0 spiro atoms. The van der Waals surface area contributed by atoms with Crippen molar-refractivity contribution >= 4 is 51.9 Å². The molecule has 4 saturated heterocycles. The number of hydrogen-bond acceptors (Lipinski definition) is 15. The van der Waals surface area contributed by atoms with Crippen molar-refractivity contribution in [2.24, 2.45) is 0 Å². The molecule has 0 aromatic heterocycles. The summed E-state index contributed by atoms with van der Waals surface area (Å²) in [5.74, 6) is 0.0527. The van der Waals surface area contributed by atoms with Crippen LogP contribution in [0.15, 0.2) is 200 Å². The van der Waals surface area contributed by atoms with E-state index >= 15 is 0 Å². The first kappa shape index (κ1) is 79.0. The Bertz CT molecular complexity index is 4050. The van der Waals surface area contributed by atoms with Crippen LogP contribution in [0, 0.1) is 34.9 Å². The molecule has 0 radical (unpaired) electrons. The number of hydrogen-bond donors (Lipinski definition) is 6. The number of rotatable bonds is 22. The molecule has 9 aromatic rings. The standard InChI is InChI=1S/2C26H27ClF2N2O3.C18H20ClFN2O2.C8H7FO.CH4/c27-23-15-22(34-14-13-32)9-10-24(23)31-12-11-30(16-25(31)18-1-5-20(28)6-2-18)26(17-33)19-3-7-21(29)8-4-19;27-23-15-22(34-14-13-32)9-10-24(23)31-12-11-30(16-25(31)18-1-5-20(28)6-2-18)17-26(33)19-3-7-21(29)8-4-19;19-16-11-15(24-10-9-23)5-6-17(16)22-8-7-21-12-18(22)13-1-3-14(20)4-2-13;9-7-3-1-6(2-4-7)8-5-10-8;/h2*1-10,15,25-26,32-33H,11-14,16-17H2;1-6,11,18,21,23H,7-10,12H2;1-4,8H,5H2;1H4/t25-,26+;25-,26-;18-;8-;/m0000./s1. The van der Waals surface area contributed by atoms with Gasteiger partial charge in [-0.15, -0.1) is 0 Å². The first-order chi connectivity index (χ1) is 49.5. The fourth-order valence-electron chi connectivity index (χ4n) is 12.6. The summed E-state index contributed by atoms with van der Waals surface area (Å²) < 4.78 is 101. The minimum atomic E-state index is -0.757. The van der Waals surface area contributed by atoms with Crippen molar-refractivity contribution in [3.63, 3.8) is 0 Å². The lowest BCUT2D eigenvalue weighted by atomic mass is 9.98. The van der Waals surface area contributed by atoms with Crippen LogP contribution in [0.1, 0.15) is 77.2 Å². The summed E-state index contributed by atoms with van der Waals surface area (Å²) in [6.45, 7) is 7.57. The van der Waals surface area contributed by atoms with Crippen molar-refractivity contribution in [3.8, 4) is 17.2 Å². The van der Waals surface area contributed by atoms with Gasteiger partial charge in [0.25, 0.3) is 0 Å². The van der Waals surface area contributed by atoms with Gasteiger partial charge >= 0.3 is 0 Å². The van der Waals surface area contributed by atoms with Gasteiger partial charge < -0.3 is 64.5 Å². The molecule has 0 amide bonds. The Labute approximate surface area is 612 Å². The number of piperazine rings is 3. The first-order valence-electron chi connectivity index (χ1n) is 33.5. The van der Waals surface area contributed by atoms with Crippen LogP contribution in [0.2, 0.25) is 15.1 Å². The van der Waals surface area contributed by atoms with Crippen LogP contribution in [0.3, 0.4) is 0 Å². The minimum Gasteiger partial charge on any atom is -0.491 e. The highest BCUT2D eigenvalue weighted by Gasteiger charge is 2.35. The zero-order valence-electron chi connectivity index (χ0n) is 55.8. The number of aliphatic hydroxyl groups excluding tert-OH is 5. The molecule has 0 saturated carbocycles. The van der Waals surface area contributed by atoms with Gasteiger partial charge in [-0.1, -0.05) is 115 Å². The smallest absolute Gasteiger partial charge is 0.123 e. The number of β-amino-alcohol motifs (C(OH)–C–C–N with tert-alkyl or cyclic N) is 1. The molecule has 15 nitrogen and oxygen atoms in total. The highest BCUT2D eigenvalue weighted by atomic mass is 35.5. The quantitative estimate of drug-likeness (QED) is 0.0280. The number of ether oxygens (including phenoxy) is 4. The third-order valence-electron chi connectivity index (χ3n) is 17.8. The third-order valence-corrected chi connectivity index (χ3v) is 18.7. The maximum atomic E-state index is 13.7. The SMILES string of the molecule is C.Fc1ccc([C@@H]2CO2)cc1.OCCOc1ccc(N2CCN(C[C@H](O)c3ccc(F)cc3)C[C@H]2c2ccc(F)cc2)c(Cl)c1.OCCOc1ccc(N2CCN([C@H](CO)c3ccc(F)cc3)C[C@H]2c2ccc(F)cc2)c(Cl)c1.OCCOc1ccc(N2CCNC[C@H]2c2ccc(F)cc2)c(Cl)c1. The predicted molar refractivity (Wildman–Crippen MR) is 392 cm³/mol. The molecule has 4 aliphatic heterocycles. The minimum absolute atomic E-state index is 0. The van der Waals surface area contributed by atoms with Crippen LogP contribution < -0.4 is 34.2 Å². The van der Waals surface area contributed by atoms with E-state index in [1.165, 1.54) is 72.8 Å². The Morgan fingerprint density at radius 1 is 0.437 bits per heavy atom. The van der Waals surface area contributed by atoms with E-state index in [9.17, 15) is 36.6 Å². The van der Waals surface area contributed by atoms with E-state index in [4.69, 9.17) is 69.1 Å².